The van der Waals surface area contributed by atoms with E-state index in [1.165, 1.54) is 18.7 Å². The average Bonchev–Trinajstić information content (AvgIpc) is 3.44. The zero-order valence-electron chi connectivity index (χ0n) is 15.8. The molecule has 0 fully saturated rings. The van der Waals surface area contributed by atoms with Crippen molar-refractivity contribution in [3.05, 3.63) is 35.2 Å². The summed E-state index contributed by atoms with van der Waals surface area (Å²) in [6.45, 7) is 4.24. The van der Waals surface area contributed by atoms with Crippen molar-refractivity contribution in [1.82, 2.24) is 14.8 Å². The lowest BCUT2D eigenvalue weighted by molar-refractivity contribution is -0.113. The molecular formula is C19H18N4O4S2. The van der Waals surface area contributed by atoms with E-state index in [9.17, 15) is 9.59 Å². The van der Waals surface area contributed by atoms with E-state index in [2.05, 4.69) is 15.5 Å². The molecule has 4 rings (SSSR count). The van der Waals surface area contributed by atoms with Gasteiger partial charge in [0.25, 0.3) is 0 Å². The van der Waals surface area contributed by atoms with Crippen molar-refractivity contribution in [3.8, 4) is 22.2 Å². The van der Waals surface area contributed by atoms with Gasteiger partial charge in [-0.1, -0.05) is 17.8 Å². The summed E-state index contributed by atoms with van der Waals surface area (Å²) in [5.74, 6) is 1.51. The number of carbonyl (C=O) groups is 2. The van der Waals surface area contributed by atoms with Crippen molar-refractivity contribution >= 4 is 40.5 Å². The number of thiophene rings is 1. The first-order chi connectivity index (χ1) is 14.1. The van der Waals surface area contributed by atoms with Gasteiger partial charge in [0.2, 0.25) is 12.7 Å². The lowest BCUT2D eigenvalue weighted by Crippen LogP contribution is -2.16. The number of hydrogen-bond acceptors (Lipinski definition) is 8. The number of ether oxygens (including phenoxy) is 2. The number of fused-ring (bicyclic) bond motifs is 1. The fraction of sp³-hybridized carbons (Fsp3) is 0.263. The topological polar surface area (TPSA) is 95.3 Å². The molecule has 3 heterocycles. The number of carbonyl (C=O) groups excluding carboxylic acids is 2. The smallest absolute Gasteiger partial charge is 0.234 e. The predicted molar refractivity (Wildman–Crippen MR) is 111 cm³/mol. The minimum absolute atomic E-state index is 0.0964. The van der Waals surface area contributed by atoms with E-state index < -0.39 is 0 Å². The van der Waals surface area contributed by atoms with Gasteiger partial charge in [0.1, 0.15) is 0 Å². The van der Waals surface area contributed by atoms with Crippen molar-refractivity contribution in [2.24, 2.45) is 0 Å². The second-order valence-electron chi connectivity index (χ2n) is 6.17. The number of ketones is 1. The lowest BCUT2D eigenvalue weighted by Gasteiger charge is -2.11. The molecule has 0 spiro atoms. The number of aromatic nitrogens is 3. The standard InChI is InChI=1S/C19H18N4O4S2/c1-3-23-18(16-5-4-6-28-16)21-22-19(23)29-9-17(25)20-13-8-15-14(26-10-27-15)7-12(13)11(2)24/h4-8H,3,9-10H2,1-2H3,(H,20,25). The van der Waals surface area contributed by atoms with Crippen molar-refractivity contribution in [3.63, 3.8) is 0 Å². The van der Waals surface area contributed by atoms with Gasteiger partial charge in [-0.15, -0.1) is 21.5 Å². The average molecular weight is 431 g/mol. The van der Waals surface area contributed by atoms with Gasteiger partial charge in [-0.25, -0.2) is 0 Å². The number of nitrogens with one attached hydrogen (secondary N) is 1. The zero-order chi connectivity index (χ0) is 20.4. The van der Waals surface area contributed by atoms with Crippen LogP contribution in [0, 0.1) is 0 Å². The van der Waals surface area contributed by atoms with Gasteiger partial charge in [-0.3, -0.25) is 9.59 Å². The van der Waals surface area contributed by atoms with Crippen LogP contribution in [0.5, 0.6) is 11.5 Å². The van der Waals surface area contributed by atoms with E-state index in [1.54, 1.807) is 23.5 Å². The molecular weight excluding hydrogens is 412 g/mol. The largest absolute Gasteiger partial charge is 0.454 e. The Labute approximate surface area is 175 Å². The fourth-order valence-corrected chi connectivity index (χ4v) is 4.44. The summed E-state index contributed by atoms with van der Waals surface area (Å²) in [4.78, 5) is 25.5. The first kappa shape index (κ1) is 19.5. The Kier molecular flexibility index (Phi) is 5.54. The molecule has 0 unspecified atom stereocenters. The third-order valence-corrected chi connectivity index (χ3v) is 6.11. The number of nitrogens with zero attached hydrogens (tertiary/aromatic N) is 3. The second kappa shape index (κ2) is 8.26. The minimum atomic E-state index is -0.250. The van der Waals surface area contributed by atoms with Crippen LogP contribution in [0.15, 0.2) is 34.8 Å². The Morgan fingerprint density at radius 2 is 2.07 bits per heavy atom. The number of anilines is 1. The normalized spacial score (nSPS) is 12.2. The molecule has 1 aliphatic rings. The monoisotopic (exact) mass is 430 g/mol. The quantitative estimate of drug-likeness (QED) is 0.451. The third kappa shape index (κ3) is 3.99. The highest BCUT2D eigenvalue weighted by Gasteiger charge is 2.21. The summed E-state index contributed by atoms with van der Waals surface area (Å²) >= 11 is 2.89. The lowest BCUT2D eigenvalue weighted by atomic mass is 10.1. The van der Waals surface area contributed by atoms with Gasteiger partial charge < -0.3 is 19.4 Å². The first-order valence-electron chi connectivity index (χ1n) is 8.91. The van der Waals surface area contributed by atoms with E-state index in [0.29, 0.717) is 34.5 Å². The van der Waals surface area contributed by atoms with Crippen molar-refractivity contribution in [1.29, 1.82) is 0 Å². The second-order valence-corrected chi connectivity index (χ2v) is 8.06. The van der Waals surface area contributed by atoms with Gasteiger partial charge in [-0.05, 0) is 31.4 Å². The number of Topliss-reactive ketones (excluding diaryl/α,β-unsaturated/α-hetero) is 1. The maximum absolute atomic E-state index is 12.5. The molecule has 150 valence electrons. The molecule has 0 bridgehead atoms. The van der Waals surface area contributed by atoms with Gasteiger partial charge in [0.15, 0.2) is 28.3 Å². The van der Waals surface area contributed by atoms with Crippen LogP contribution < -0.4 is 14.8 Å². The van der Waals surface area contributed by atoms with Crippen molar-refractivity contribution in [2.75, 3.05) is 17.9 Å². The van der Waals surface area contributed by atoms with Gasteiger partial charge in [0.05, 0.1) is 16.3 Å². The minimum Gasteiger partial charge on any atom is -0.454 e. The van der Waals surface area contributed by atoms with Crippen molar-refractivity contribution in [2.45, 2.75) is 25.5 Å². The Bertz CT molecular complexity index is 1060. The van der Waals surface area contributed by atoms with Crippen LogP contribution in [0.25, 0.3) is 10.7 Å². The number of hydrogen-bond donors (Lipinski definition) is 1. The van der Waals surface area contributed by atoms with Gasteiger partial charge in [-0.2, -0.15) is 0 Å². The van der Waals surface area contributed by atoms with E-state index in [-0.39, 0.29) is 24.2 Å². The number of thioether (sulfide) groups is 1. The number of benzene rings is 1. The molecule has 1 amide bonds. The Morgan fingerprint density at radius 3 is 2.76 bits per heavy atom. The molecule has 0 aliphatic carbocycles. The third-order valence-electron chi connectivity index (χ3n) is 4.27. The SMILES string of the molecule is CCn1c(SCC(=O)Nc2cc3c(cc2C(C)=O)OCO3)nnc1-c1cccs1. The molecule has 0 atom stereocenters. The molecule has 1 N–H and O–H groups in total. The van der Waals surface area contributed by atoms with Crippen LogP contribution in [0.3, 0.4) is 0 Å². The molecule has 0 radical (unpaired) electrons. The van der Waals surface area contributed by atoms with E-state index in [0.717, 1.165) is 10.7 Å². The van der Waals surface area contributed by atoms with Gasteiger partial charge in [0, 0.05) is 18.2 Å². The summed E-state index contributed by atoms with van der Waals surface area (Å²) in [7, 11) is 0. The Balaban J connectivity index is 1.47. The fourth-order valence-electron chi connectivity index (χ4n) is 2.92. The Hall–Kier alpha value is -2.85. The summed E-state index contributed by atoms with van der Waals surface area (Å²) in [6.07, 6.45) is 0. The molecule has 8 nitrogen and oxygen atoms in total. The predicted octanol–water partition coefficient (Wildman–Crippen LogP) is 3.69. The molecule has 29 heavy (non-hydrogen) atoms. The molecule has 1 aromatic carbocycles. The number of amides is 1. The molecule has 0 saturated carbocycles. The van der Waals surface area contributed by atoms with E-state index in [1.807, 2.05) is 29.0 Å². The van der Waals surface area contributed by atoms with E-state index >= 15 is 0 Å². The van der Waals surface area contributed by atoms with Crippen LogP contribution in [0.2, 0.25) is 0 Å². The summed E-state index contributed by atoms with van der Waals surface area (Å²) in [6, 6.07) is 7.16. The summed E-state index contributed by atoms with van der Waals surface area (Å²) in [5.41, 5.74) is 0.785. The van der Waals surface area contributed by atoms with Crippen molar-refractivity contribution < 1.29 is 19.1 Å². The maximum atomic E-state index is 12.5. The van der Waals surface area contributed by atoms with Crippen LogP contribution >= 0.6 is 23.1 Å². The first-order valence-corrected chi connectivity index (χ1v) is 10.8. The summed E-state index contributed by atoms with van der Waals surface area (Å²) in [5, 5.41) is 13.9. The molecule has 0 saturated heterocycles. The molecule has 3 aromatic rings. The maximum Gasteiger partial charge on any atom is 0.234 e. The molecule has 1 aliphatic heterocycles. The van der Waals surface area contributed by atoms with Crippen LogP contribution in [-0.2, 0) is 11.3 Å². The van der Waals surface area contributed by atoms with Crippen LogP contribution in [0.4, 0.5) is 5.69 Å². The highest BCUT2D eigenvalue weighted by molar-refractivity contribution is 7.99. The van der Waals surface area contributed by atoms with Crippen LogP contribution in [-0.4, -0.2) is 39.0 Å². The highest BCUT2D eigenvalue weighted by Crippen LogP contribution is 2.37. The number of rotatable bonds is 7. The molecule has 10 heteroatoms. The van der Waals surface area contributed by atoms with Gasteiger partial charge >= 0.3 is 0 Å². The Morgan fingerprint density at radius 1 is 1.28 bits per heavy atom. The highest BCUT2D eigenvalue weighted by atomic mass is 32.2. The molecule has 2 aromatic heterocycles. The summed E-state index contributed by atoms with van der Waals surface area (Å²) < 4.78 is 12.6. The zero-order valence-corrected chi connectivity index (χ0v) is 17.4. The van der Waals surface area contributed by atoms with Crippen LogP contribution in [0.1, 0.15) is 24.2 Å². The van der Waals surface area contributed by atoms with E-state index in [4.69, 9.17) is 9.47 Å².